The van der Waals surface area contributed by atoms with Gasteiger partial charge in [0.05, 0.1) is 29.7 Å². The standard InChI is InChI=1S/C22H25N3O4/c1-14-5-7-17(20(10-14)29-13-16-4-3-9-28-16)24-22(27)15-6-8-19-18(11-15)23-21(26)12-25(19)2/h5-8,10-11,16H,3-4,9,12-13H2,1-2H3,(H,23,26)(H,24,27). The van der Waals surface area contributed by atoms with Gasteiger partial charge in [-0.25, -0.2) is 0 Å². The summed E-state index contributed by atoms with van der Waals surface area (Å²) in [5.41, 5.74) is 3.64. The molecule has 2 amide bonds. The molecule has 1 unspecified atom stereocenters. The number of benzene rings is 2. The molecule has 7 nitrogen and oxygen atoms in total. The van der Waals surface area contributed by atoms with Crippen molar-refractivity contribution in [3.63, 3.8) is 0 Å². The molecule has 7 heteroatoms. The number of aryl methyl sites for hydroxylation is 1. The van der Waals surface area contributed by atoms with Crippen molar-refractivity contribution in [3.05, 3.63) is 47.5 Å². The highest BCUT2D eigenvalue weighted by Crippen LogP contribution is 2.31. The third-order valence-corrected chi connectivity index (χ3v) is 5.16. The van der Waals surface area contributed by atoms with Gasteiger partial charge in [-0.15, -0.1) is 0 Å². The number of ether oxygens (including phenoxy) is 2. The Morgan fingerprint density at radius 3 is 2.97 bits per heavy atom. The fourth-order valence-corrected chi connectivity index (χ4v) is 3.61. The van der Waals surface area contributed by atoms with Crippen LogP contribution in [0.1, 0.15) is 28.8 Å². The molecule has 2 aliphatic rings. The number of nitrogens with one attached hydrogen (secondary N) is 2. The number of carbonyl (C=O) groups is 2. The number of fused-ring (bicyclic) bond motifs is 1. The summed E-state index contributed by atoms with van der Waals surface area (Å²) >= 11 is 0. The zero-order valence-electron chi connectivity index (χ0n) is 16.7. The fraction of sp³-hybridized carbons (Fsp3) is 0.364. The van der Waals surface area contributed by atoms with E-state index in [0.717, 1.165) is 30.7 Å². The quantitative estimate of drug-likeness (QED) is 0.813. The molecular weight excluding hydrogens is 370 g/mol. The van der Waals surface area contributed by atoms with Crippen LogP contribution in [0.4, 0.5) is 17.1 Å². The average Bonchev–Trinajstić information content (AvgIpc) is 3.21. The number of rotatable bonds is 5. The van der Waals surface area contributed by atoms with E-state index in [9.17, 15) is 9.59 Å². The topological polar surface area (TPSA) is 79.9 Å². The Bertz CT molecular complexity index is 938. The third kappa shape index (κ3) is 4.35. The Hall–Kier alpha value is -3.06. The Kier molecular flexibility index (Phi) is 5.40. The van der Waals surface area contributed by atoms with Crippen LogP contribution in [0, 0.1) is 6.92 Å². The minimum absolute atomic E-state index is 0.0964. The largest absolute Gasteiger partial charge is 0.489 e. The van der Waals surface area contributed by atoms with Crippen molar-refractivity contribution < 1.29 is 19.1 Å². The lowest BCUT2D eigenvalue weighted by Gasteiger charge is -2.27. The molecule has 4 rings (SSSR count). The van der Waals surface area contributed by atoms with Crippen LogP contribution in [0.2, 0.25) is 0 Å². The number of likely N-dealkylation sites (N-methyl/N-ethyl adjacent to an activating group) is 1. The second kappa shape index (κ2) is 8.13. The van der Waals surface area contributed by atoms with Gasteiger partial charge in [0, 0.05) is 19.2 Å². The van der Waals surface area contributed by atoms with Gasteiger partial charge in [-0.05, 0) is 55.7 Å². The lowest BCUT2D eigenvalue weighted by Crippen LogP contribution is -2.35. The molecule has 0 bridgehead atoms. The Morgan fingerprint density at radius 2 is 2.17 bits per heavy atom. The van der Waals surface area contributed by atoms with Crippen molar-refractivity contribution >= 4 is 28.9 Å². The first kappa shape index (κ1) is 19.3. The van der Waals surface area contributed by atoms with Gasteiger partial charge in [-0.2, -0.15) is 0 Å². The van der Waals surface area contributed by atoms with E-state index in [1.54, 1.807) is 12.1 Å². The smallest absolute Gasteiger partial charge is 0.255 e. The average molecular weight is 395 g/mol. The summed E-state index contributed by atoms with van der Waals surface area (Å²) < 4.78 is 11.6. The second-order valence-electron chi connectivity index (χ2n) is 7.54. The summed E-state index contributed by atoms with van der Waals surface area (Å²) in [5.74, 6) is 0.266. The van der Waals surface area contributed by atoms with E-state index < -0.39 is 0 Å². The molecule has 0 radical (unpaired) electrons. The molecule has 2 N–H and O–H groups in total. The monoisotopic (exact) mass is 395 g/mol. The number of hydrogen-bond donors (Lipinski definition) is 2. The van der Waals surface area contributed by atoms with Crippen molar-refractivity contribution in [1.29, 1.82) is 0 Å². The highest BCUT2D eigenvalue weighted by atomic mass is 16.5. The van der Waals surface area contributed by atoms with Gasteiger partial charge >= 0.3 is 0 Å². The Morgan fingerprint density at radius 1 is 1.31 bits per heavy atom. The summed E-state index contributed by atoms with van der Waals surface area (Å²) in [4.78, 5) is 26.5. The van der Waals surface area contributed by atoms with E-state index in [2.05, 4.69) is 10.6 Å². The second-order valence-corrected chi connectivity index (χ2v) is 7.54. The van der Waals surface area contributed by atoms with Crippen LogP contribution >= 0.6 is 0 Å². The molecule has 2 aromatic rings. The summed E-state index contributed by atoms with van der Waals surface area (Å²) in [7, 11) is 1.85. The SMILES string of the molecule is Cc1ccc(NC(=O)c2ccc3c(c2)NC(=O)CN3C)c(OCC2CCCO2)c1. The fourth-order valence-electron chi connectivity index (χ4n) is 3.61. The lowest BCUT2D eigenvalue weighted by atomic mass is 10.1. The molecule has 1 atom stereocenters. The molecular formula is C22H25N3O4. The zero-order valence-corrected chi connectivity index (χ0v) is 16.7. The minimum atomic E-state index is -0.263. The van der Waals surface area contributed by atoms with Crippen molar-refractivity contribution in [2.75, 3.05) is 42.3 Å². The highest BCUT2D eigenvalue weighted by Gasteiger charge is 2.21. The van der Waals surface area contributed by atoms with Gasteiger partial charge < -0.3 is 25.0 Å². The molecule has 2 heterocycles. The molecule has 0 aromatic heterocycles. The van der Waals surface area contributed by atoms with Gasteiger partial charge in [0.1, 0.15) is 12.4 Å². The van der Waals surface area contributed by atoms with Crippen LogP contribution < -0.4 is 20.3 Å². The van der Waals surface area contributed by atoms with Crippen LogP contribution in [0.15, 0.2) is 36.4 Å². The molecule has 2 aromatic carbocycles. The maximum atomic E-state index is 12.8. The normalized spacial score (nSPS) is 18.2. The van der Waals surface area contributed by atoms with E-state index in [0.29, 0.717) is 35.8 Å². The first-order valence-electron chi connectivity index (χ1n) is 9.81. The summed E-state index contributed by atoms with van der Waals surface area (Å²) in [6.45, 7) is 3.51. The number of carbonyl (C=O) groups excluding carboxylic acids is 2. The van der Waals surface area contributed by atoms with Gasteiger partial charge in [0.2, 0.25) is 5.91 Å². The molecule has 1 fully saturated rings. The number of nitrogens with zero attached hydrogens (tertiary/aromatic N) is 1. The molecule has 0 spiro atoms. The van der Waals surface area contributed by atoms with E-state index in [4.69, 9.17) is 9.47 Å². The van der Waals surface area contributed by atoms with Crippen LogP contribution in [0.3, 0.4) is 0 Å². The van der Waals surface area contributed by atoms with Crippen molar-refractivity contribution in [3.8, 4) is 5.75 Å². The molecule has 0 saturated carbocycles. The molecule has 0 aliphatic carbocycles. The molecule has 2 aliphatic heterocycles. The predicted octanol–water partition coefficient (Wildman–Crippen LogP) is 3.19. The summed E-state index contributed by atoms with van der Waals surface area (Å²) in [5, 5.41) is 5.75. The minimum Gasteiger partial charge on any atom is -0.489 e. The van der Waals surface area contributed by atoms with Crippen molar-refractivity contribution in [1.82, 2.24) is 0 Å². The van der Waals surface area contributed by atoms with E-state index in [1.165, 1.54) is 0 Å². The number of amides is 2. The Balaban J connectivity index is 1.51. The highest BCUT2D eigenvalue weighted by molar-refractivity contribution is 6.08. The van der Waals surface area contributed by atoms with E-state index >= 15 is 0 Å². The van der Waals surface area contributed by atoms with Crippen LogP contribution in [0.25, 0.3) is 0 Å². The van der Waals surface area contributed by atoms with Crippen LogP contribution in [-0.4, -0.2) is 44.7 Å². The van der Waals surface area contributed by atoms with Crippen LogP contribution in [-0.2, 0) is 9.53 Å². The molecule has 29 heavy (non-hydrogen) atoms. The van der Waals surface area contributed by atoms with Gasteiger partial charge in [0.25, 0.3) is 5.91 Å². The maximum absolute atomic E-state index is 12.8. The lowest BCUT2D eigenvalue weighted by molar-refractivity contribution is -0.115. The molecule has 152 valence electrons. The van der Waals surface area contributed by atoms with Crippen LogP contribution in [0.5, 0.6) is 5.75 Å². The van der Waals surface area contributed by atoms with Crippen molar-refractivity contribution in [2.24, 2.45) is 0 Å². The number of hydrogen-bond acceptors (Lipinski definition) is 5. The predicted molar refractivity (Wildman–Crippen MR) is 112 cm³/mol. The van der Waals surface area contributed by atoms with Crippen molar-refractivity contribution in [2.45, 2.75) is 25.9 Å². The van der Waals surface area contributed by atoms with E-state index in [-0.39, 0.29) is 17.9 Å². The number of anilines is 3. The van der Waals surface area contributed by atoms with E-state index in [1.807, 2.05) is 43.1 Å². The zero-order chi connectivity index (χ0) is 20.4. The van der Waals surface area contributed by atoms with Gasteiger partial charge in [0.15, 0.2) is 0 Å². The Labute approximate surface area is 170 Å². The third-order valence-electron chi connectivity index (χ3n) is 5.16. The molecule has 1 saturated heterocycles. The van der Waals surface area contributed by atoms with Gasteiger partial charge in [-0.1, -0.05) is 6.07 Å². The first-order chi connectivity index (χ1) is 14.0. The first-order valence-corrected chi connectivity index (χ1v) is 9.81. The van der Waals surface area contributed by atoms with Gasteiger partial charge in [-0.3, -0.25) is 9.59 Å². The summed E-state index contributed by atoms with van der Waals surface area (Å²) in [6, 6.07) is 11.0. The summed E-state index contributed by atoms with van der Waals surface area (Å²) in [6.07, 6.45) is 2.14. The maximum Gasteiger partial charge on any atom is 0.255 e.